The molecule has 0 aliphatic carbocycles. The smallest absolute Gasteiger partial charge is 0.196 e. The Morgan fingerprint density at radius 1 is 1.18 bits per heavy atom. The van der Waals surface area contributed by atoms with Gasteiger partial charge in [-0.15, -0.1) is 21.5 Å². The largest absolute Gasteiger partial charge is 0.270 e. The molecule has 0 saturated heterocycles. The van der Waals surface area contributed by atoms with Gasteiger partial charge in [-0.05, 0) is 31.5 Å². The van der Waals surface area contributed by atoms with Gasteiger partial charge in [-0.25, -0.2) is 4.98 Å². The lowest BCUT2D eigenvalue weighted by Crippen LogP contribution is -1.93. The number of fused-ring (bicyclic) bond motifs is 3. The zero-order chi connectivity index (χ0) is 15.1. The molecule has 0 fully saturated rings. The highest BCUT2D eigenvalue weighted by Crippen LogP contribution is 2.27. The number of benzene rings is 1. The van der Waals surface area contributed by atoms with Crippen LogP contribution in [0.25, 0.3) is 16.6 Å². The summed E-state index contributed by atoms with van der Waals surface area (Å²) < 4.78 is 2.13. The second-order valence-electron chi connectivity index (χ2n) is 5.17. The minimum Gasteiger partial charge on any atom is -0.270 e. The van der Waals surface area contributed by atoms with Gasteiger partial charge in [0.25, 0.3) is 0 Å². The van der Waals surface area contributed by atoms with E-state index in [4.69, 9.17) is 0 Å². The first-order valence-electron chi connectivity index (χ1n) is 6.99. The van der Waals surface area contributed by atoms with Crippen LogP contribution in [0.3, 0.4) is 0 Å². The van der Waals surface area contributed by atoms with Gasteiger partial charge in [0.05, 0.1) is 16.2 Å². The number of thioether (sulfide) groups is 1. The highest BCUT2D eigenvalue weighted by Gasteiger charge is 2.12. The normalized spacial score (nSPS) is 11.5. The predicted octanol–water partition coefficient (Wildman–Crippen LogP) is 4.25. The van der Waals surface area contributed by atoms with Crippen LogP contribution < -0.4 is 0 Å². The van der Waals surface area contributed by atoms with Crippen molar-refractivity contribution in [3.8, 4) is 0 Å². The van der Waals surface area contributed by atoms with Crippen molar-refractivity contribution < 1.29 is 0 Å². The van der Waals surface area contributed by atoms with Crippen LogP contribution in [0.15, 0.2) is 40.9 Å². The molecule has 22 heavy (non-hydrogen) atoms. The molecule has 0 saturated carbocycles. The van der Waals surface area contributed by atoms with E-state index in [-0.39, 0.29) is 0 Å². The van der Waals surface area contributed by atoms with E-state index in [2.05, 4.69) is 62.2 Å². The number of pyridine rings is 1. The molecule has 0 aliphatic heterocycles. The maximum atomic E-state index is 4.51. The highest BCUT2D eigenvalue weighted by molar-refractivity contribution is 7.98. The SMILES string of the molecule is Cc1nc(CSc2nnc3cc(C)c4ccccc4n23)cs1. The molecule has 3 aromatic heterocycles. The Balaban J connectivity index is 1.79. The average molecular weight is 326 g/mol. The maximum Gasteiger partial charge on any atom is 0.196 e. The van der Waals surface area contributed by atoms with Gasteiger partial charge in [0.15, 0.2) is 10.8 Å². The summed E-state index contributed by atoms with van der Waals surface area (Å²) >= 11 is 3.36. The first kappa shape index (κ1) is 13.7. The van der Waals surface area contributed by atoms with Crippen LogP contribution in [0, 0.1) is 13.8 Å². The van der Waals surface area contributed by atoms with Crippen molar-refractivity contribution in [1.82, 2.24) is 19.6 Å². The molecule has 0 atom stereocenters. The number of para-hydroxylation sites is 1. The van der Waals surface area contributed by atoms with E-state index in [1.165, 1.54) is 10.9 Å². The van der Waals surface area contributed by atoms with Crippen LogP contribution in [0.1, 0.15) is 16.3 Å². The molecule has 4 rings (SSSR count). The van der Waals surface area contributed by atoms with Crippen molar-refractivity contribution in [1.29, 1.82) is 0 Å². The highest BCUT2D eigenvalue weighted by atomic mass is 32.2. The second kappa shape index (κ2) is 5.37. The molecule has 6 heteroatoms. The summed E-state index contributed by atoms with van der Waals surface area (Å²) in [6.07, 6.45) is 0. The summed E-state index contributed by atoms with van der Waals surface area (Å²) in [5, 5.41) is 14.0. The second-order valence-corrected chi connectivity index (χ2v) is 7.17. The number of aromatic nitrogens is 4. The number of aryl methyl sites for hydroxylation is 2. The molecule has 4 aromatic rings. The van der Waals surface area contributed by atoms with E-state index in [1.807, 2.05) is 6.92 Å². The third kappa shape index (κ3) is 2.28. The van der Waals surface area contributed by atoms with Gasteiger partial charge in [-0.3, -0.25) is 4.40 Å². The predicted molar refractivity (Wildman–Crippen MR) is 91.6 cm³/mol. The molecular weight excluding hydrogens is 312 g/mol. The molecule has 0 unspecified atom stereocenters. The lowest BCUT2D eigenvalue weighted by atomic mass is 10.1. The minimum absolute atomic E-state index is 0.813. The van der Waals surface area contributed by atoms with E-state index >= 15 is 0 Å². The number of hydrogen-bond acceptors (Lipinski definition) is 5. The van der Waals surface area contributed by atoms with Crippen LogP contribution in [0.5, 0.6) is 0 Å². The topological polar surface area (TPSA) is 43.1 Å². The molecule has 1 aromatic carbocycles. The fraction of sp³-hybridized carbons (Fsp3) is 0.188. The van der Waals surface area contributed by atoms with Crippen molar-refractivity contribution in [3.05, 3.63) is 52.0 Å². The summed E-state index contributed by atoms with van der Waals surface area (Å²) in [6.45, 7) is 4.14. The molecule has 0 radical (unpaired) electrons. The quantitative estimate of drug-likeness (QED) is 0.528. The van der Waals surface area contributed by atoms with Crippen LogP contribution in [0.4, 0.5) is 0 Å². The number of nitrogens with zero attached hydrogens (tertiary/aromatic N) is 4. The van der Waals surface area contributed by atoms with Gasteiger partial charge in [0.1, 0.15) is 0 Å². The van der Waals surface area contributed by atoms with Crippen molar-refractivity contribution in [3.63, 3.8) is 0 Å². The summed E-state index contributed by atoms with van der Waals surface area (Å²) in [4.78, 5) is 4.51. The molecule has 4 nitrogen and oxygen atoms in total. The van der Waals surface area contributed by atoms with E-state index < -0.39 is 0 Å². The zero-order valence-corrected chi connectivity index (χ0v) is 13.9. The molecule has 0 aliphatic rings. The molecule has 3 heterocycles. The summed E-state index contributed by atoms with van der Waals surface area (Å²) in [7, 11) is 0. The minimum atomic E-state index is 0.813. The van der Waals surface area contributed by atoms with Crippen LogP contribution in [0.2, 0.25) is 0 Å². The fourth-order valence-corrected chi connectivity index (χ4v) is 4.14. The first-order chi connectivity index (χ1) is 10.7. The Morgan fingerprint density at radius 2 is 2.05 bits per heavy atom. The molecule has 0 amide bonds. The monoisotopic (exact) mass is 326 g/mol. The van der Waals surface area contributed by atoms with Crippen molar-refractivity contribution in [2.45, 2.75) is 24.8 Å². The number of thiazole rings is 1. The number of rotatable bonds is 3. The average Bonchev–Trinajstić information content (AvgIpc) is 3.12. The fourth-order valence-electron chi connectivity index (χ4n) is 2.58. The van der Waals surface area contributed by atoms with E-state index in [9.17, 15) is 0 Å². The Morgan fingerprint density at radius 3 is 2.86 bits per heavy atom. The molecule has 0 bridgehead atoms. The first-order valence-corrected chi connectivity index (χ1v) is 8.86. The van der Waals surface area contributed by atoms with Gasteiger partial charge in [-0.1, -0.05) is 30.0 Å². The third-order valence-electron chi connectivity index (χ3n) is 3.59. The molecule has 110 valence electrons. The van der Waals surface area contributed by atoms with Gasteiger partial charge in [0, 0.05) is 16.5 Å². The molecule has 0 spiro atoms. The standard InChI is InChI=1S/C16H14N4S2/c1-10-7-15-18-19-16(22-9-12-8-21-11(2)17-12)20(15)14-6-4-3-5-13(10)14/h3-8H,9H2,1-2H3. The van der Waals surface area contributed by atoms with Gasteiger partial charge < -0.3 is 0 Å². The van der Waals surface area contributed by atoms with Crippen LogP contribution in [-0.2, 0) is 5.75 Å². The van der Waals surface area contributed by atoms with E-state index in [1.54, 1.807) is 23.1 Å². The summed E-state index contributed by atoms with van der Waals surface area (Å²) in [6, 6.07) is 10.5. The maximum absolute atomic E-state index is 4.51. The van der Waals surface area contributed by atoms with Crippen molar-refractivity contribution in [2.24, 2.45) is 0 Å². The molecular formula is C16H14N4S2. The third-order valence-corrected chi connectivity index (χ3v) is 5.37. The van der Waals surface area contributed by atoms with Crippen LogP contribution in [-0.4, -0.2) is 19.6 Å². The summed E-state index contributed by atoms with van der Waals surface area (Å²) in [5.41, 5.74) is 4.37. The van der Waals surface area contributed by atoms with Gasteiger partial charge in [-0.2, -0.15) is 0 Å². The molecule has 0 N–H and O–H groups in total. The van der Waals surface area contributed by atoms with Gasteiger partial charge in [0.2, 0.25) is 0 Å². The Bertz CT molecular complexity index is 971. The Labute approximate surface area is 136 Å². The summed E-state index contributed by atoms with van der Waals surface area (Å²) in [5.74, 6) is 0.813. The van der Waals surface area contributed by atoms with Crippen molar-refractivity contribution in [2.75, 3.05) is 0 Å². The lowest BCUT2D eigenvalue weighted by molar-refractivity contribution is 0.938. The Hall–Kier alpha value is -1.92. The van der Waals surface area contributed by atoms with Gasteiger partial charge >= 0.3 is 0 Å². The lowest BCUT2D eigenvalue weighted by Gasteiger charge is -2.06. The zero-order valence-electron chi connectivity index (χ0n) is 12.3. The van der Waals surface area contributed by atoms with Crippen molar-refractivity contribution >= 4 is 39.6 Å². The van der Waals surface area contributed by atoms with Crippen LogP contribution >= 0.6 is 23.1 Å². The number of hydrogen-bond donors (Lipinski definition) is 0. The van der Waals surface area contributed by atoms with E-state index in [0.717, 1.165) is 32.8 Å². The van der Waals surface area contributed by atoms with E-state index in [0.29, 0.717) is 0 Å². The Kier molecular flexibility index (Phi) is 3.35.